The van der Waals surface area contributed by atoms with E-state index < -0.39 is 0 Å². The van der Waals surface area contributed by atoms with Gasteiger partial charge in [-0.25, -0.2) is 4.79 Å². The third kappa shape index (κ3) is 4.17. The molecule has 0 saturated heterocycles. The second-order valence-electron chi connectivity index (χ2n) is 5.73. The quantitative estimate of drug-likeness (QED) is 0.593. The van der Waals surface area contributed by atoms with Crippen LogP contribution in [-0.4, -0.2) is 23.1 Å². The summed E-state index contributed by atoms with van der Waals surface area (Å²) in [6.07, 6.45) is 3.04. The smallest absolute Gasteiger partial charge is 0.340 e. The second kappa shape index (κ2) is 8.72. The standard InChI is InChI=1S/C20H23ClN2O3/c1-5-23-13(3)15(19(14(23)4)20(25)26-6-2)11-12-18(24)22-17-10-8-7-9-16(17)21/h7-12H,5-6H2,1-4H3,(H,22,24)/b12-11+. The number of ether oxygens (including phenoxy) is 1. The normalized spacial score (nSPS) is 11.0. The number of halogens is 1. The zero-order chi connectivity index (χ0) is 19.3. The molecule has 138 valence electrons. The lowest BCUT2D eigenvalue weighted by Gasteiger charge is -2.05. The molecule has 1 aromatic carbocycles. The van der Waals surface area contributed by atoms with Crippen molar-refractivity contribution in [2.75, 3.05) is 11.9 Å². The van der Waals surface area contributed by atoms with Crippen LogP contribution in [0.15, 0.2) is 30.3 Å². The van der Waals surface area contributed by atoms with Gasteiger partial charge in [-0.3, -0.25) is 4.79 Å². The van der Waals surface area contributed by atoms with Gasteiger partial charge < -0.3 is 14.6 Å². The summed E-state index contributed by atoms with van der Waals surface area (Å²) in [6, 6.07) is 7.01. The fraction of sp³-hybridized carbons (Fsp3) is 0.300. The van der Waals surface area contributed by atoms with Crippen molar-refractivity contribution in [3.05, 3.63) is 57.9 Å². The summed E-state index contributed by atoms with van der Waals surface area (Å²) in [5, 5.41) is 3.19. The van der Waals surface area contributed by atoms with Crippen LogP contribution in [0.4, 0.5) is 5.69 Å². The Kier molecular flexibility index (Phi) is 6.64. The number of nitrogens with zero attached hydrogens (tertiary/aromatic N) is 1. The molecule has 0 spiro atoms. The number of carbonyl (C=O) groups excluding carboxylic acids is 2. The average molecular weight is 375 g/mol. The summed E-state index contributed by atoms with van der Waals surface area (Å²) < 4.78 is 7.20. The largest absolute Gasteiger partial charge is 0.462 e. The summed E-state index contributed by atoms with van der Waals surface area (Å²) >= 11 is 6.05. The Morgan fingerprint density at radius 1 is 1.19 bits per heavy atom. The lowest BCUT2D eigenvalue weighted by molar-refractivity contribution is -0.111. The predicted molar refractivity (Wildman–Crippen MR) is 105 cm³/mol. The molecular weight excluding hydrogens is 352 g/mol. The highest BCUT2D eigenvalue weighted by molar-refractivity contribution is 6.33. The number of aromatic nitrogens is 1. The number of benzene rings is 1. The average Bonchev–Trinajstić information content (AvgIpc) is 2.85. The van der Waals surface area contributed by atoms with Crippen LogP contribution in [0, 0.1) is 13.8 Å². The number of anilines is 1. The van der Waals surface area contributed by atoms with Gasteiger partial charge in [-0.05, 0) is 45.9 Å². The van der Waals surface area contributed by atoms with E-state index >= 15 is 0 Å². The molecule has 0 bridgehead atoms. The third-order valence-electron chi connectivity index (χ3n) is 4.16. The maximum Gasteiger partial charge on any atom is 0.340 e. The van der Waals surface area contributed by atoms with Crippen molar-refractivity contribution >= 4 is 35.2 Å². The molecule has 0 aliphatic carbocycles. The first kappa shape index (κ1) is 19.8. The number of esters is 1. The van der Waals surface area contributed by atoms with E-state index in [1.807, 2.05) is 25.3 Å². The predicted octanol–water partition coefficient (Wildman–Crippen LogP) is 4.61. The van der Waals surface area contributed by atoms with Crippen molar-refractivity contribution < 1.29 is 14.3 Å². The van der Waals surface area contributed by atoms with Crippen LogP contribution in [0.25, 0.3) is 6.08 Å². The summed E-state index contributed by atoms with van der Waals surface area (Å²) in [4.78, 5) is 24.6. The number of nitrogens with one attached hydrogen (secondary N) is 1. The number of hydrogen-bond donors (Lipinski definition) is 1. The lowest BCUT2D eigenvalue weighted by atomic mass is 10.1. The van der Waals surface area contributed by atoms with Gasteiger partial charge in [-0.15, -0.1) is 0 Å². The maximum atomic E-state index is 12.4. The Bertz CT molecular complexity index is 853. The van der Waals surface area contributed by atoms with Gasteiger partial charge in [-0.1, -0.05) is 23.7 Å². The lowest BCUT2D eigenvalue weighted by Crippen LogP contribution is -2.09. The molecule has 1 N–H and O–H groups in total. The Morgan fingerprint density at radius 2 is 1.88 bits per heavy atom. The molecule has 6 heteroatoms. The molecule has 0 atom stereocenters. The molecule has 0 aliphatic rings. The number of carbonyl (C=O) groups is 2. The van der Waals surface area contributed by atoms with Gasteiger partial charge >= 0.3 is 5.97 Å². The molecular formula is C20H23ClN2O3. The van der Waals surface area contributed by atoms with Crippen LogP contribution in [-0.2, 0) is 16.1 Å². The van der Waals surface area contributed by atoms with Gasteiger partial charge in [0.25, 0.3) is 0 Å². The minimum Gasteiger partial charge on any atom is -0.462 e. The van der Waals surface area contributed by atoms with E-state index in [4.69, 9.17) is 16.3 Å². The molecule has 2 aromatic rings. The summed E-state index contributed by atoms with van der Waals surface area (Å²) in [5.41, 5.74) is 3.46. The summed E-state index contributed by atoms with van der Waals surface area (Å²) in [6.45, 7) is 8.60. The van der Waals surface area contributed by atoms with Crippen molar-refractivity contribution in [2.24, 2.45) is 0 Å². The van der Waals surface area contributed by atoms with Crippen molar-refractivity contribution in [1.82, 2.24) is 4.57 Å². The van der Waals surface area contributed by atoms with E-state index in [9.17, 15) is 9.59 Å². The number of amides is 1. The maximum absolute atomic E-state index is 12.4. The van der Waals surface area contributed by atoms with Crippen LogP contribution in [0.1, 0.15) is 41.2 Å². The summed E-state index contributed by atoms with van der Waals surface area (Å²) in [7, 11) is 0. The van der Waals surface area contributed by atoms with E-state index in [0.29, 0.717) is 28.4 Å². The zero-order valence-electron chi connectivity index (χ0n) is 15.4. The Labute approximate surface area is 158 Å². The number of rotatable bonds is 6. The van der Waals surface area contributed by atoms with Gasteiger partial charge in [0.15, 0.2) is 0 Å². The highest BCUT2D eigenvalue weighted by atomic mass is 35.5. The molecule has 2 rings (SSSR count). The van der Waals surface area contributed by atoms with Gasteiger partial charge in [0, 0.05) is 29.6 Å². The Hall–Kier alpha value is -2.53. The Balaban J connectivity index is 2.33. The molecule has 0 aliphatic heterocycles. The van der Waals surface area contributed by atoms with Crippen LogP contribution in [0.5, 0.6) is 0 Å². The first-order chi connectivity index (χ1) is 12.4. The van der Waals surface area contributed by atoms with Gasteiger partial charge in [0.1, 0.15) is 0 Å². The van der Waals surface area contributed by atoms with Gasteiger partial charge in [0.05, 0.1) is 22.9 Å². The van der Waals surface area contributed by atoms with E-state index in [0.717, 1.165) is 17.9 Å². The van der Waals surface area contributed by atoms with Crippen molar-refractivity contribution in [3.63, 3.8) is 0 Å². The van der Waals surface area contributed by atoms with Crippen molar-refractivity contribution in [3.8, 4) is 0 Å². The SMILES string of the molecule is CCOC(=O)c1c(/C=C/C(=O)Nc2ccccc2Cl)c(C)n(CC)c1C. The van der Waals surface area contributed by atoms with Crippen LogP contribution < -0.4 is 5.32 Å². The molecule has 1 amide bonds. The monoisotopic (exact) mass is 374 g/mol. The second-order valence-corrected chi connectivity index (χ2v) is 6.13. The Morgan fingerprint density at radius 3 is 2.50 bits per heavy atom. The fourth-order valence-electron chi connectivity index (χ4n) is 2.94. The third-order valence-corrected chi connectivity index (χ3v) is 4.49. The molecule has 5 nitrogen and oxygen atoms in total. The van der Waals surface area contributed by atoms with Crippen molar-refractivity contribution in [2.45, 2.75) is 34.2 Å². The number of hydrogen-bond acceptors (Lipinski definition) is 3. The molecule has 0 radical (unpaired) electrons. The van der Waals surface area contributed by atoms with Crippen LogP contribution >= 0.6 is 11.6 Å². The molecule has 0 unspecified atom stereocenters. The van der Waals surface area contributed by atoms with Gasteiger partial charge in [0.2, 0.25) is 5.91 Å². The molecule has 1 aromatic heterocycles. The van der Waals surface area contributed by atoms with E-state index in [-0.39, 0.29) is 11.9 Å². The first-order valence-electron chi connectivity index (χ1n) is 8.51. The zero-order valence-corrected chi connectivity index (χ0v) is 16.2. The van der Waals surface area contributed by atoms with Crippen LogP contribution in [0.2, 0.25) is 5.02 Å². The molecule has 1 heterocycles. The van der Waals surface area contributed by atoms with E-state index in [1.165, 1.54) is 6.08 Å². The highest BCUT2D eigenvalue weighted by Gasteiger charge is 2.22. The molecule has 0 fully saturated rings. The summed E-state index contributed by atoms with van der Waals surface area (Å²) in [5.74, 6) is -0.708. The van der Waals surface area contributed by atoms with Crippen LogP contribution in [0.3, 0.4) is 0 Å². The molecule has 26 heavy (non-hydrogen) atoms. The fourth-order valence-corrected chi connectivity index (χ4v) is 3.13. The van der Waals surface area contributed by atoms with Crippen molar-refractivity contribution in [1.29, 1.82) is 0 Å². The topological polar surface area (TPSA) is 60.3 Å². The molecule has 0 saturated carbocycles. The minimum atomic E-state index is -0.383. The van der Waals surface area contributed by atoms with Gasteiger partial charge in [-0.2, -0.15) is 0 Å². The minimum absolute atomic E-state index is 0.296. The van der Waals surface area contributed by atoms with E-state index in [1.54, 1.807) is 37.3 Å². The first-order valence-corrected chi connectivity index (χ1v) is 8.88. The highest BCUT2D eigenvalue weighted by Crippen LogP contribution is 2.25. The van der Waals surface area contributed by atoms with E-state index in [2.05, 4.69) is 5.32 Å². The number of para-hydroxylation sites is 1.